The minimum Gasteiger partial charge on any atom is -0.397 e. The minimum absolute atomic E-state index is 0.574. The molecule has 1 amide bonds. The highest BCUT2D eigenvalue weighted by molar-refractivity contribution is 5.91. The molecule has 0 saturated heterocycles. The van der Waals surface area contributed by atoms with Crippen LogP contribution in [0.4, 0.5) is 11.4 Å². The van der Waals surface area contributed by atoms with Crippen LogP contribution in [0, 0.1) is 0 Å². The lowest BCUT2D eigenvalue weighted by molar-refractivity contribution is -0.124. The zero-order valence-corrected chi connectivity index (χ0v) is 9.27. The number of nitrogen functional groups attached to an aromatic ring is 1. The van der Waals surface area contributed by atoms with Crippen molar-refractivity contribution >= 4 is 23.4 Å². The van der Waals surface area contributed by atoms with Crippen molar-refractivity contribution < 1.29 is 10.0 Å². The lowest BCUT2D eigenvalue weighted by Crippen LogP contribution is -2.14. The van der Waals surface area contributed by atoms with Crippen molar-refractivity contribution in [3.05, 3.63) is 29.8 Å². The van der Waals surface area contributed by atoms with E-state index in [0.29, 0.717) is 5.69 Å². The summed E-state index contributed by atoms with van der Waals surface area (Å²) in [6.45, 7) is 0. The highest BCUT2D eigenvalue weighted by Gasteiger charge is 2.01. The van der Waals surface area contributed by atoms with Crippen molar-refractivity contribution in [2.75, 3.05) is 24.7 Å². The Labute approximate surface area is 94.1 Å². The van der Waals surface area contributed by atoms with Gasteiger partial charge in [-0.15, -0.1) is 0 Å². The first-order valence-electron chi connectivity index (χ1n) is 4.73. The molecular weight excluding hydrogens is 206 g/mol. The van der Waals surface area contributed by atoms with Gasteiger partial charge in [0, 0.05) is 20.2 Å². The van der Waals surface area contributed by atoms with Crippen LogP contribution in [0.25, 0.3) is 6.08 Å². The summed E-state index contributed by atoms with van der Waals surface area (Å²) < 4.78 is 0. The summed E-state index contributed by atoms with van der Waals surface area (Å²) >= 11 is 0. The zero-order chi connectivity index (χ0) is 12.1. The molecule has 1 aromatic carbocycles. The van der Waals surface area contributed by atoms with Crippen molar-refractivity contribution in [2.45, 2.75) is 0 Å². The molecular formula is C11H15N3O2. The number of hydrogen-bond donors (Lipinski definition) is 3. The van der Waals surface area contributed by atoms with Crippen LogP contribution in [0.5, 0.6) is 0 Å². The molecule has 0 aliphatic heterocycles. The van der Waals surface area contributed by atoms with Crippen LogP contribution in [0.15, 0.2) is 24.3 Å². The first-order valence-corrected chi connectivity index (χ1v) is 4.73. The molecule has 1 rings (SSSR count). The average Bonchev–Trinajstić information content (AvgIpc) is 2.25. The lowest BCUT2D eigenvalue weighted by Gasteiger charge is -2.15. The van der Waals surface area contributed by atoms with E-state index >= 15 is 0 Å². The first kappa shape index (κ1) is 12.1. The molecule has 0 saturated carbocycles. The molecule has 0 aromatic heterocycles. The van der Waals surface area contributed by atoms with Crippen LogP contribution in [-0.2, 0) is 4.79 Å². The fourth-order valence-corrected chi connectivity index (χ4v) is 1.29. The van der Waals surface area contributed by atoms with E-state index in [-0.39, 0.29) is 0 Å². The maximum Gasteiger partial charge on any atom is 0.267 e. The second-order valence-corrected chi connectivity index (χ2v) is 3.52. The van der Waals surface area contributed by atoms with Crippen molar-refractivity contribution in [1.82, 2.24) is 5.48 Å². The number of anilines is 2. The molecule has 86 valence electrons. The minimum atomic E-state index is -0.574. The molecule has 0 aliphatic rings. The number of benzene rings is 1. The zero-order valence-electron chi connectivity index (χ0n) is 9.27. The number of carbonyl (C=O) groups is 1. The average molecular weight is 221 g/mol. The summed E-state index contributed by atoms with van der Waals surface area (Å²) in [5, 5.41) is 8.30. The van der Waals surface area contributed by atoms with Crippen molar-refractivity contribution in [3.8, 4) is 0 Å². The third kappa shape index (κ3) is 2.99. The first-order chi connectivity index (χ1) is 7.54. The Kier molecular flexibility index (Phi) is 3.90. The molecule has 0 atom stereocenters. The molecule has 0 heterocycles. The van der Waals surface area contributed by atoms with Crippen LogP contribution in [0.3, 0.4) is 0 Å². The maximum atomic E-state index is 10.8. The SMILES string of the molecule is CN(C)c1ccc(/C=C/C(=O)NO)cc1N. The number of nitrogens with two attached hydrogens (primary N) is 1. The Bertz CT molecular complexity index is 414. The monoisotopic (exact) mass is 221 g/mol. The molecule has 5 heteroatoms. The second kappa shape index (κ2) is 5.18. The molecule has 5 nitrogen and oxygen atoms in total. The number of amides is 1. The topological polar surface area (TPSA) is 78.6 Å². The van der Waals surface area contributed by atoms with E-state index < -0.39 is 5.91 Å². The van der Waals surface area contributed by atoms with Gasteiger partial charge in [0.25, 0.3) is 5.91 Å². The van der Waals surface area contributed by atoms with Crippen LogP contribution < -0.4 is 16.1 Å². The van der Waals surface area contributed by atoms with E-state index in [0.717, 1.165) is 11.3 Å². The lowest BCUT2D eigenvalue weighted by atomic mass is 10.1. The predicted octanol–water partition coefficient (Wildman–Crippen LogP) is 0.853. The fraction of sp³-hybridized carbons (Fsp3) is 0.182. The summed E-state index contributed by atoms with van der Waals surface area (Å²) in [5.74, 6) is -0.574. The summed E-state index contributed by atoms with van der Waals surface area (Å²) in [5.41, 5.74) is 9.70. The van der Waals surface area contributed by atoms with Crippen molar-refractivity contribution in [3.63, 3.8) is 0 Å². The van der Waals surface area contributed by atoms with E-state index in [4.69, 9.17) is 10.9 Å². The molecule has 16 heavy (non-hydrogen) atoms. The van der Waals surface area contributed by atoms with Gasteiger partial charge in [-0.2, -0.15) is 0 Å². The van der Waals surface area contributed by atoms with E-state index in [1.807, 2.05) is 31.1 Å². The van der Waals surface area contributed by atoms with Gasteiger partial charge in [-0.3, -0.25) is 10.0 Å². The third-order valence-corrected chi connectivity index (χ3v) is 2.07. The molecule has 0 radical (unpaired) electrons. The van der Waals surface area contributed by atoms with E-state index in [2.05, 4.69) is 0 Å². The van der Waals surface area contributed by atoms with Gasteiger partial charge in [0.2, 0.25) is 0 Å². The van der Waals surface area contributed by atoms with Crippen molar-refractivity contribution in [2.24, 2.45) is 0 Å². The Balaban J connectivity index is 2.89. The molecule has 0 fully saturated rings. The molecule has 0 aliphatic carbocycles. The molecule has 0 spiro atoms. The predicted molar refractivity (Wildman–Crippen MR) is 64.1 cm³/mol. The second-order valence-electron chi connectivity index (χ2n) is 3.52. The third-order valence-electron chi connectivity index (χ3n) is 2.07. The number of carbonyl (C=O) groups excluding carboxylic acids is 1. The summed E-state index contributed by atoms with van der Waals surface area (Å²) in [4.78, 5) is 12.7. The molecule has 1 aromatic rings. The van der Waals surface area contributed by atoms with Gasteiger partial charge >= 0.3 is 0 Å². The van der Waals surface area contributed by atoms with Gasteiger partial charge in [0.15, 0.2) is 0 Å². The van der Waals surface area contributed by atoms with Crippen LogP contribution in [-0.4, -0.2) is 25.2 Å². The van der Waals surface area contributed by atoms with E-state index in [1.165, 1.54) is 11.6 Å². The maximum absolute atomic E-state index is 10.8. The van der Waals surface area contributed by atoms with Gasteiger partial charge in [0.1, 0.15) is 0 Å². The Morgan fingerprint density at radius 2 is 2.19 bits per heavy atom. The Hall–Kier alpha value is -2.01. The van der Waals surface area contributed by atoms with E-state index in [1.54, 1.807) is 12.1 Å². The fourth-order valence-electron chi connectivity index (χ4n) is 1.29. The molecule has 4 N–H and O–H groups in total. The largest absolute Gasteiger partial charge is 0.397 e. The van der Waals surface area contributed by atoms with Crippen LogP contribution >= 0.6 is 0 Å². The van der Waals surface area contributed by atoms with Gasteiger partial charge in [-0.25, -0.2) is 5.48 Å². The van der Waals surface area contributed by atoms with E-state index in [9.17, 15) is 4.79 Å². The standard InChI is InChI=1S/C11H15N3O2/c1-14(2)10-5-3-8(7-9(10)12)4-6-11(15)13-16/h3-7,16H,12H2,1-2H3,(H,13,15)/b6-4+. The van der Waals surface area contributed by atoms with Gasteiger partial charge < -0.3 is 10.6 Å². The molecule has 0 unspecified atom stereocenters. The smallest absolute Gasteiger partial charge is 0.267 e. The number of hydrogen-bond acceptors (Lipinski definition) is 4. The van der Waals surface area contributed by atoms with Crippen LogP contribution in [0.1, 0.15) is 5.56 Å². The number of nitrogens with one attached hydrogen (secondary N) is 1. The van der Waals surface area contributed by atoms with Crippen molar-refractivity contribution in [1.29, 1.82) is 0 Å². The highest BCUT2D eigenvalue weighted by atomic mass is 16.5. The van der Waals surface area contributed by atoms with Crippen LogP contribution in [0.2, 0.25) is 0 Å². The molecule has 0 bridgehead atoms. The normalized spacial score (nSPS) is 10.4. The summed E-state index contributed by atoms with van der Waals surface area (Å²) in [6, 6.07) is 5.47. The highest BCUT2D eigenvalue weighted by Crippen LogP contribution is 2.22. The Morgan fingerprint density at radius 1 is 1.50 bits per heavy atom. The number of hydroxylamine groups is 1. The quantitative estimate of drug-likeness (QED) is 0.306. The number of nitrogens with zero attached hydrogens (tertiary/aromatic N) is 1. The summed E-state index contributed by atoms with van der Waals surface area (Å²) in [6.07, 6.45) is 2.80. The van der Waals surface area contributed by atoms with Gasteiger partial charge in [-0.1, -0.05) is 6.07 Å². The van der Waals surface area contributed by atoms with Gasteiger partial charge in [-0.05, 0) is 23.8 Å². The number of rotatable bonds is 3. The summed E-state index contributed by atoms with van der Waals surface area (Å²) in [7, 11) is 3.81. The van der Waals surface area contributed by atoms with Gasteiger partial charge in [0.05, 0.1) is 11.4 Å². The Morgan fingerprint density at radius 3 is 2.69 bits per heavy atom.